The summed E-state index contributed by atoms with van der Waals surface area (Å²) in [7, 11) is 0. The van der Waals surface area contributed by atoms with E-state index in [-0.39, 0.29) is 0 Å². The van der Waals surface area contributed by atoms with Crippen LogP contribution >= 0.6 is 11.6 Å². The van der Waals surface area contributed by atoms with Gasteiger partial charge >= 0.3 is 0 Å². The van der Waals surface area contributed by atoms with Crippen LogP contribution in [0.2, 0.25) is 5.15 Å². The quantitative estimate of drug-likeness (QED) is 0.772. The van der Waals surface area contributed by atoms with E-state index in [4.69, 9.17) is 11.6 Å². The summed E-state index contributed by atoms with van der Waals surface area (Å²) in [6.45, 7) is 3.19. The third kappa shape index (κ3) is 2.12. The van der Waals surface area contributed by atoms with Crippen LogP contribution < -0.4 is 5.32 Å². The van der Waals surface area contributed by atoms with Gasteiger partial charge in [-0.25, -0.2) is 4.98 Å². The molecule has 0 spiro atoms. The van der Waals surface area contributed by atoms with E-state index in [2.05, 4.69) is 22.4 Å². The van der Waals surface area contributed by atoms with E-state index in [1.165, 1.54) is 30.5 Å². The fourth-order valence-corrected chi connectivity index (χ4v) is 3.03. The summed E-state index contributed by atoms with van der Waals surface area (Å²) < 4.78 is 0. The molecule has 1 saturated heterocycles. The Morgan fingerprint density at radius 1 is 1.47 bits per heavy atom. The minimum absolute atomic E-state index is 0.613. The molecule has 2 aliphatic rings. The molecule has 1 aromatic rings. The Balaban J connectivity index is 1.86. The monoisotopic (exact) mass is 248 g/mol. The molecule has 0 saturated carbocycles. The number of hydrogen-bond donors (Lipinski definition) is 1. The van der Waals surface area contributed by atoms with E-state index in [0.29, 0.717) is 11.2 Å². The van der Waals surface area contributed by atoms with E-state index >= 15 is 0 Å². The molecule has 3 rings (SSSR count). The minimum Gasteiger partial charge on any atom is -0.313 e. The lowest BCUT2D eigenvalue weighted by Gasteiger charge is -2.25. The molecule has 0 aromatic carbocycles. The van der Waals surface area contributed by atoms with Gasteiger partial charge in [-0.3, -0.25) is 0 Å². The van der Waals surface area contributed by atoms with Crippen LogP contribution in [0.1, 0.15) is 30.4 Å². The van der Waals surface area contributed by atoms with Crippen molar-refractivity contribution in [1.82, 2.24) is 10.3 Å². The molecule has 3 heteroatoms. The highest BCUT2D eigenvalue weighted by Crippen LogP contribution is 2.34. The first-order valence-electron chi connectivity index (χ1n) is 6.29. The molecule has 1 fully saturated rings. The number of aromatic nitrogens is 1. The van der Waals surface area contributed by atoms with Crippen LogP contribution in [-0.4, -0.2) is 17.6 Å². The zero-order valence-electron chi connectivity index (χ0n) is 10.0. The van der Waals surface area contributed by atoms with Crippen LogP contribution in [-0.2, 0) is 0 Å². The van der Waals surface area contributed by atoms with Gasteiger partial charge in [-0.2, -0.15) is 0 Å². The molecule has 2 unspecified atom stereocenters. The number of fused-ring (bicyclic) bond motifs is 1. The van der Waals surface area contributed by atoms with Crippen LogP contribution in [0.5, 0.6) is 0 Å². The molecule has 2 heterocycles. The summed E-state index contributed by atoms with van der Waals surface area (Å²) in [5.41, 5.74) is 3.72. The average Bonchev–Trinajstić information content (AvgIpc) is 2.79. The molecule has 17 heavy (non-hydrogen) atoms. The lowest BCUT2D eigenvalue weighted by molar-refractivity contribution is 0.445. The number of aryl methyl sites for hydroxylation is 1. The lowest BCUT2D eigenvalue weighted by atomic mass is 9.83. The molecule has 90 valence electrons. The average molecular weight is 249 g/mol. The van der Waals surface area contributed by atoms with Crippen molar-refractivity contribution in [2.45, 2.75) is 32.2 Å². The van der Waals surface area contributed by atoms with Crippen molar-refractivity contribution in [2.75, 3.05) is 6.54 Å². The molecule has 0 radical (unpaired) electrons. The van der Waals surface area contributed by atoms with E-state index in [1.807, 2.05) is 13.1 Å². The standard InChI is InChI=1S/C14H17ClN2/c1-9-6-12(8-17-14(9)15)11-3-2-10-4-5-16-13(10)7-11/h3,6,8,10,13,16H,2,4-5,7H2,1H3. The molecule has 0 bridgehead atoms. The van der Waals surface area contributed by atoms with Gasteiger partial charge < -0.3 is 5.32 Å². The summed E-state index contributed by atoms with van der Waals surface area (Å²) in [6.07, 6.45) is 7.95. The van der Waals surface area contributed by atoms with Gasteiger partial charge in [0.1, 0.15) is 5.15 Å². The molecule has 2 atom stereocenters. The van der Waals surface area contributed by atoms with Crippen molar-refractivity contribution in [3.63, 3.8) is 0 Å². The second kappa shape index (κ2) is 4.43. The molecular weight excluding hydrogens is 232 g/mol. The van der Waals surface area contributed by atoms with E-state index in [1.54, 1.807) is 0 Å². The second-order valence-corrected chi connectivity index (χ2v) is 5.47. The van der Waals surface area contributed by atoms with Crippen LogP contribution in [0, 0.1) is 12.8 Å². The van der Waals surface area contributed by atoms with Crippen LogP contribution in [0.4, 0.5) is 0 Å². The molecule has 1 aliphatic heterocycles. The number of halogens is 1. The minimum atomic E-state index is 0.613. The molecule has 1 aromatic heterocycles. The largest absolute Gasteiger partial charge is 0.313 e. The van der Waals surface area contributed by atoms with Gasteiger partial charge in [0.15, 0.2) is 0 Å². The smallest absolute Gasteiger partial charge is 0.131 e. The van der Waals surface area contributed by atoms with E-state index in [9.17, 15) is 0 Å². The normalized spacial score (nSPS) is 27.8. The second-order valence-electron chi connectivity index (χ2n) is 5.11. The Morgan fingerprint density at radius 3 is 3.18 bits per heavy atom. The number of allylic oxidation sites excluding steroid dienone is 1. The van der Waals surface area contributed by atoms with Gasteiger partial charge in [0.05, 0.1) is 0 Å². The maximum Gasteiger partial charge on any atom is 0.131 e. The molecule has 1 aliphatic carbocycles. The Kier molecular flexibility index (Phi) is 2.93. The van der Waals surface area contributed by atoms with Crippen molar-refractivity contribution in [3.8, 4) is 0 Å². The number of nitrogens with zero attached hydrogens (tertiary/aromatic N) is 1. The van der Waals surface area contributed by atoms with Crippen LogP contribution in [0.15, 0.2) is 18.3 Å². The Morgan fingerprint density at radius 2 is 2.35 bits per heavy atom. The highest BCUT2D eigenvalue weighted by Gasteiger charge is 2.30. The lowest BCUT2D eigenvalue weighted by Crippen LogP contribution is -2.29. The first kappa shape index (κ1) is 11.2. The molecule has 1 N–H and O–H groups in total. The first-order chi connectivity index (χ1) is 8.24. The fourth-order valence-electron chi connectivity index (χ4n) is 2.93. The van der Waals surface area contributed by atoms with Gasteiger partial charge in [-0.15, -0.1) is 0 Å². The van der Waals surface area contributed by atoms with Gasteiger partial charge in [0, 0.05) is 12.2 Å². The maximum absolute atomic E-state index is 5.97. The predicted octanol–water partition coefficient (Wildman–Crippen LogP) is 3.20. The summed E-state index contributed by atoms with van der Waals surface area (Å²) >= 11 is 5.97. The summed E-state index contributed by atoms with van der Waals surface area (Å²) in [5.74, 6) is 0.847. The van der Waals surface area contributed by atoms with Gasteiger partial charge in [-0.1, -0.05) is 17.7 Å². The molecular formula is C14H17ClN2. The highest BCUT2D eigenvalue weighted by molar-refractivity contribution is 6.30. The zero-order valence-corrected chi connectivity index (χ0v) is 10.8. The SMILES string of the molecule is Cc1cc(C2=CCC3CCNC3C2)cnc1Cl. The molecule has 2 nitrogen and oxygen atoms in total. The fraction of sp³-hybridized carbons (Fsp3) is 0.500. The van der Waals surface area contributed by atoms with Crippen molar-refractivity contribution < 1.29 is 0 Å². The third-order valence-corrected chi connectivity index (χ3v) is 4.38. The predicted molar refractivity (Wildman–Crippen MR) is 71.1 cm³/mol. The Labute approximate surface area is 107 Å². The van der Waals surface area contributed by atoms with Gasteiger partial charge in [0.25, 0.3) is 0 Å². The maximum atomic E-state index is 5.97. The Hall–Kier alpha value is -0.860. The van der Waals surface area contributed by atoms with Crippen LogP contribution in [0.3, 0.4) is 0 Å². The topological polar surface area (TPSA) is 24.9 Å². The van der Waals surface area contributed by atoms with Crippen molar-refractivity contribution >= 4 is 17.2 Å². The van der Waals surface area contributed by atoms with Crippen LogP contribution in [0.25, 0.3) is 5.57 Å². The highest BCUT2D eigenvalue weighted by atomic mass is 35.5. The van der Waals surface area contributed by atoms with E-state index < -0.39 is 0 Å². The van der Waals surface area contributed by atoms with Gasteiger partial charge in [-0.05, 0) is 61.4 Å². The molecule has 0 amide bonds. The van der Waals surface area contributed by atoms with Gasteiger partial charge in [0.2, 0.25) is 0 Å². The van der Waals surface area contributed by atoms with Crippen molar-refractivity contribution in [2.24, 2.45) is 5.92 Å². The summed E-state index contributed by atoms with van der Waals surface area (Å²) in [5, 5.41) is 4.21. The first-order valence-corrected chi connectivity index (χ1v) is 6.67. The van der Waals surface area contributed by atoms with Crippen molar-refractivity contribution in [1.29, 1.82) is 0 Å². The zero-order chi connectivity index (χ0) is 11.8. The number of hydrogen-bond acceptors (Lipinski definition) is 2. The van der Waals surface area contributed by atoms with Crippen molar-refractivity contribution in [3.05, 3.63) is 34.6 Å². The third-order valence-electron chi connectivity index (χ3n) is 3.98. The summed E-state index contributed by atoms with van der Waals surface area (Å²) in [6, 6.07) is 2.82. The number of pyridine rings is 1. The van der Waals surface area contributed by atoms with E-state index in [0.717, 1.165) is 17.9 Å². The summed E-state index contributed by atoms with van der Waals surface area (Å²) in [4.78, 5) is 4.24. The number of nitrogens with one attached hydrogen (secondary N) is 1. The number of rotatable bonds is 1. The Bertz CT molecular complexity index is 467.